The Balaban J connectivity index is 1.39. The van der Waals surface area contributed by atoms with Crippen LogP contribution in [0.5, 0.6) is 0 Å². The first-order valence-electron chi connectivity index (χ1n) is 13.1. The predicted octanol–water partition coefficient (Wildman–Crippen LogP) is 7.20. The quantitative estimate of drug-likeness (QED) is 0.470. The van der Waals surface area contributed by atoms with Gasteiger partial charge in [-0.15, -0.1) is 0 Å². The molecule has 0 saturated heterocycles. The summed E-state index contributed by atoms with van der Waals surface area (Å²) in [5, 5.41) is 0. The molecule has 0 amide bonds. The smallest absolute Gasteiger partial charge is 0.209 e. The van der Waals surface area contributed by atoms with Gasteiger partial charge in [0.2, 0.25) is 5.69 Å². The van der Waals surface area contributed by atoms with Gasteiger partial charge in [-0.3, -0.25) is 0 Å². The lowest BCUT2D eigenvalue weighted by Gasteiger charge is -2.31. The Kier molecular flexibility index (Phi) is 5.01. The summed E-state index contributed by atoms with van der Waals surface area (Å²) in [6.45, 7) is 6.79. The zero-order chi connectivity index (χ0) is 21.7. The molecule has 2 aromatic carbocycles. The van der Waals surface area contributed by atoms with E-state index in [2.05, 4.69) is 77.9 Å². The second-order valence-corrected chi connectivity index (χ2v) is 10.3. The Labute approximate surface area is 193 Å². The monoisotopic (exact) mass is 425 g/mol. The van der Waals surface area contributed by atoms with Crippen molar-refractivity contribution in [2.45, 2.75) is 82.6 Å². The number of fused-ring (bicyclic) bond motifs is 5. The van der Waals surface area contributed by atoms with Crippen LogP contribution in [0.4, 0.5) is 11.4 Å². The van der Waals surface area contributed by atoms with Gasteiger partial charge >= 0.3 is 0 Å². The molecule has 2 fully saturated rings. The van der Waals surface area contributed by atoms with Crippen molar-refractivity contribution in [3.63, 3.8) is 0 Å². The number of rotatable bonds is 4. The summed E-state index contributed by atoms with van der Waals surface area (Å²) in [6, 6.07) is 17.2. The fourth-order valence-electron chi connectivity index (χ4n) is 7.58. The molecule has 32 heavy (non-hydrogen) atoms. The normalized spacial score (nSPS) is 25.6. The van der Waals surface area contributed by atoms with Crippen LogP contribution in [0, 0.1) is 0 Å². The average molecular weight is 426 g/mol. The minimum Gasteiger partial charge on any atom is -0.368 e. The third-order valence-electron chi connectivity index (χ3n) is 8.93. The number of para-hydroxylation sites is 1. The maximum Gasteiger partial charge on any atom is 0.209 e. The Morgan fingerprint density at radius 3 is 2.62 bits per heavy atom. The van der Waals surface area contributed by atoms with E-state index in [-0.39, 0.29) is 5.41 Å². The lowest BCUT2D eigenvalue weighted by atomic mass is 9.67. The van der Waals surface area contributed by atoms with Gasteiger partial charge in [0.25, 0.3) is 0 Å². The van der Waals surface area contributed by atoms with E-state index in [0.717, 1.165) is 25.0 Å². The van der Waals surface area contributed by atoms with Gasteiger partial charge in [-0.1, -0.05) is 49.9 Å². The summed E-state index contributed by atoms with van der Waals surface area (Å²) in [6.07, 6.45) is 15.7. The fourth-order valence-corrected chi connectivity index (χ4v) is 7.58. The van der Waals surface area contributed by atoms with Crippen LogP contribution in [0.25, 0.3) is 6.08 Å². The van der Waals surface area contributed by atoms with E-state index in [4.69, 9.17) is 0 Å². The highest BCUT2D eigenvalue weighted by Gasteiger charge is 2.50. The topological polar surface area (TPSA) is 6.25 Å². The van der Waals surface area contributed by atoms with Crippen LogP contribution in [-0.4, -0.2) is 29.4 Å². The molecule has 2 nitrogen and oxygen atoms in total. The Bertz CT molecular complexity index is 1090. The van der Waals surface area contributed by atoms with Gasteiger partial charge in [-0.25, -0.2) is 0 Å². The molecule has 0 N–H and O–H groups in total. The maximum absolute atomic E-state index is 2.67. The number of likely N-dealkylation sites (N-methyl/N-ethyl adjacent to an activating group) is 1. The second kappa shape index (κ2) is 7.90. The molecule has 2 heteroatoms. The van der Waals surface area contributed by atoms with E-state index in [1.54, 1.807) is 11.1 Å². The summed E-state index contributed by atoms with van der Waals surface area (Å²) in [5.41, 5.74) is 9.25. The predicted molar refractivity (Wildman–Crippen MR) is 136 cm³/mol. The molecule has 4 aliphatic rings. The molecule has 1 spiro atoms. The first kappa shape index (κ1) is 20.3. The van der Waals surface area contributed by atoms with Crippen molar-refractivity contribution < 1.29 is 4.58 Å². The highest BCUT2D eigenvalue weighted by Crippen LogP contribution is 2.50. The van der Waals surface area contributed by atoms with Crippen LogP contribution < -0.4 is 4.90 Å². The molecule has 2 aromatic rings. The standard InChI is InChI=1S/C30H37N2/c1-3-31-26-14-10-11-23(26)24-21-22(15-17-27(24)31)16-18-29-30(19-8-5-9-20-30)25-12-6-7-13-28(25)32(29)4-2/h6-7,12-13,15-18,21,23,26H,3-5,8-11,14,19-20H2,1-2H3/q+1. The molecule has 2 atom stereocenters. The molecular weight excluding hydrogens is 388 g/mol. The molecule has 166 valence electrons. The Morgan fingerprint density at radius 1 is 0.969 bits per heavy atom. The summed E-state index contributed by atoms with van der Waals surface area (Å²) in [4.78, 5) is 2.67. The van der Waals surface area contributed by atoms with Gasteiger partial charge in [0, 0.05) is 41.9 Å². The summed E-state index contributed by atoms with van der Waals surface area (Å²) < 4.78 is 2.59. The number of anilines is 1. The first-order valence-corrected chi connectivity index (χ1v) is 13.1. The molecule has 2 aliphatic carbocycles. The van der Waals surface area contributed by atoms with Crippen molar-refractivity contribution in [1.29, 1.82) is 0 Å². The van der Waals surface area contributed by atoms with Crippen LogP contribution in [0.15, 0.2) is 48.5 Å². The van der Waals surface area contributed by atoms with Crippen molar-refractivity contribution >= 4 is 23.2 Å². The van der Waals surface area contributed by atoms with Crippen molar-refractivity contribution in [3.8, 4) is 0 Å². The van der Waals surface area contributed by atoms with E-state index in [1.807, 2.05) is 0 Å². The highest BCUT2D eigenvalue weighted by molar-refractivity contribution is 6.06. The zero-order valence-electron chi connectivity index (χ0n) is 19.8. The van der Waals surface area contributed by atoms with Crippen LogP contribution in [0.2, 0.25) is 0 Å². The molecule has 2 unspecified atom stereocenters. The third kappa shape index (κ3) is 2.87. The highest BCUT2D eigenvalue weighted by atomic mass is 15.2. The van der Waals surface area contributed by atoms with Crippen molar-refractivity contribution in [2.24, 2.45) is 0 Å². The first-order chi connectivity index (χ1) is 15.8. The minimum atomic E-state index is 0.216. The summed E-state index contributed by atoms with van der Waals surface area (Å²) in [7, 11) is 0. The van der Waals surface area contributed by atoms with E-state index in [9.17, 15) is 0 Å². The van der Waals surface area contributed by atoms with Gasteiger partial charge in [0.1, 0.15) is 6.54 Å². The van der Waals surface area contributed by atoms with Gasteiger partial charge in [0.15, 0.2) is 5.71 Å². The van der Waals surface area contributed by atoms with Crippen LogP contribution >= 0.6 is 0 Å². The number of nitrogens with zero attached hydrogens (tertiary/aromatic N) is 2. The number of hydrogen-bond donors (Lipinski definition) is 0. The van der Waals surface area contributed by atoms with Gasteiger partial charge < -0.3 is 4.90 Å². The lowest BCUT2D eigenvalue weighted by molar-refractivity contribution is -0.433. The van der Waals surface area contributed by atoms with E-state index in [1.165, 1.54) is 74.0 Å². The molecule has 2 heterocycles. The van der Waals surface area contributed by atoms with Gasteiger partial charge in [-0.2, -0.15) is 4.58 Å². The number of benzene rings is 2. The Hall–Kier alpha value is -2.35. The van der Waals surface area contributed by atoms with Crippen molar-refractivity contribution in [1.82, 2.24) is 0 Å². The SMILES string of the molecule is CCN1c2ccc(/C=C/C3=[N+](CC)c4ccccc4C34CCCCC4)cc2C2CCCC21. The molecule has 2 aliphatic heterocycles. The van der Waals surface area contributed by atoms with Crippen LogP contribution in [-0.2, 0) is 5.41 Å². The zero-order valence-corrected chi connectivity index (χ0v) is 19.8. The van der Waals surface area contributed by atoms with Gasteiger partial charge in [-0.05, 0) is 68.9 Å². The molecule has 2 saturated carbocycles. The minimum absolute atomic E-state index is 0.216. The second-order valence-electron chi connectivity index (χ2n) is 10.3. The fraction of sp³-hybridized carbons (Fsp3) is 0.500. The van der Waals surface area contributed by atoms with Crippen LogP contribution in [0.1, 0.15) is 87.8 Å². The average Bonchev–Trinajstić information content (AvgIpc) is 3.49. The van der Waals surface area contributed by atoms with Crippen molar-refractivity contribution in [2.75, 3.05) is 18.0 Å². The molecule has 0 bridgehead atoms. The molecule has 0 radical (unpaired) electrons. The maximum atomic E-state index is 2.67. The Morgan fingerprint density at radius 2 is 1.81 bits per heavy atom. The molecule has 6 rings (SSSR count). The van der Waals surface area contributed by atoms with E-state index < -0.39 is 0 Å². The third-order valence-corrected chi connectivity index (χ3v) is 8.93. The largest absolute Gasteiger partial charge is 0.368 e. The number of hydrogen-bond acceptors (Lipinski definition) is 1. The van der Waals surface area contributed by atoms with Crippen LogP contribution in [0.3, 0.4) is 0 Å². The summed E-state index contributed by atoms with van der Waals surface area (Å²) in [5.74, 6) is 0.749. The van der Waals surface area contributed by atoms with Gasteiger partial charge in [0.05, 0.1) is 5.41 Å². The van der Waals surface area contributed by atoms with E-state index >= 15 is 0 Å². The van der Waals surface area contributed by atoms with E-state index in [0.29, 0.717) is 0 Å². The lowest BCUT2D eigenvalue weighted by Crippen LogP contribution is -2.36. The molecular formula is C30H37N2+. The number of allylic oxidation sites excluding steroid dienone is 1. The van der Waals surface area contributed by atoms with Crippen molar-refractivity contribution in [3.05, 3.63) is 65.2 Å². The molecule has 0 aromatic heterocycles. The summed E-state index contributed by atoms with van der Waals surface area (Å²) >= 11 is 0.